The second-order valence-corrected chi connectivity index (χ2v) is 4.22. The van der Waals surface area contributed by atoms with Crippen molar-refractivity contribution >= 4 is 5.82 Å². The molecule has 1 heterocycles. The average Bonchev–Trinajstić information content (AvgIpc) is 2.42. The van der Waals surface area contributed by atoms with Crippen LogP contribution >= 0.6 is 0 Å². The number of rotatable bonds is 3. The van der Waals surface area contributed by atoms with Crippen molar-refractivity contribution in [1.29, 1.82) is 0 Å². The lowest BCUT2D eigenvalue weighted by atomic mass is 10.2. The summed E-state index contributed by atoms with van der Waals surface area (Å²) in [5.74, 6) is -1.95. The standard InChI is InChI=1S/C12H12F2N4O2/c1-17-11(19)10(16-18(2)12(17)20)15-6-7-3-4-8(13)9(14)5-7/h3-5H,6H2,1-2H3,(H,15,16). The van der Waals surface area contributed by atoms with Gasteiger partial charge in [-0.15, -0.1) is 5.10 Å². The van der Waals surface area contributed by atoms with Crippen LogP contribution in [0.1, 0.15) is 5.56 Å². The van der Waals surface area contributed by atoms with Gasteiger partial charge in [0, 0.05) is 20.6 Å². The predicted octanol–water partition coefficient (Wildman–Crippen LogP) is 0.369. The summed E-state index contributed by atoms with van der Waals surface area (Å²) in [5, 5.41) is 6.47. The zero-order chi connectivity index (χ0) is 14.9. The first-order chi connectivity index (χ1) is 9.40. The Morgan fingerprint density at radius 3 is 2.55 bits per heavy atom. The zero-order valence-electron chi connectivity index (χ0n) is 10.9. The van der Waals surface area contributed by atoms with Crippen molar-refractivity contribution in [2.24, 2.45) is 14.1 Å². The van der Waals surface area contributed by atoms with E-state index in [1.165, 1.54) is 20.2 Å². The number of halogens is 2. The molecule has 0 spiro atoms. The van der Waals surface area contributed by atoms with Crippen LogP contribution in [0.3, 0.4) is 0 Å². The largest absolute Gasteiger partial charge is 0.360 e. The Kier molecular flexibility index (Phi) is 3.64. The number of anilines is 1. The number of aryl methyl sites for hydroxylation is 1. The second-order valence-electron chi connectivity index (χ2n) is 4.22. The van der Waals surface area contributed by atoms with E-state index >= 15 is 0 Å². The fraction of sp³-hybridized carbons (Fsp3) is 0.250. The van der Waals surface area contributed by atoms with Gasteiger partial charge in [0.2, 0.25) is 5.82 Å². The fourth-order valence-corrected chi connectivity index (χ4v) is 1.64. The summed E-state index contributed by atoms with van der Waals surface area (Å²) in [7, 11) is 2.74. The minimum atomic E-state index is -0.967. The minimum absolute atomic E-state index is 0.0423. The SMILES string of the molecule is Cn1nc(NCc2ccc(F)c(F)c2)c(=O)n(C)c1=O. The first-order valence-electron chi connectivity index (χ1n) is 5.72. The molecule has 106 valence electrons. The van der Waals surface area contributed by atoms with E-state index < -0.39 is 22.9 Å². The molecule has 0 saturated heterocycles. The van der Waals surface area contributed by atoms with E-state index in [0.29, 0.717) is 5.56 Å². The summed E-state index contributed by atoms with van der Waals surface area (Å²) < 4.78 is 27.7. The lowest BCUT2D eigenvalue weighted by Crippen LogP contribution is -2.39. The highest BCUT2D eigenvalue weighted by atomic mass is 19.2. The van der Waals surface area contributed by atoms with Crippen LogP contribution in [-0.4, -0.2) is 14.3 Å². The van der Waals surface area contributed by atoms with Crippen LogP contribution in [0.5, 0.6) is 0 Å². The Hall–Kier alpha value is -2.51. The third kappa shape index (κ3) is 2.58. The average molecular weight is 282 g/mol. The first kappa shape index (κ1) is 13.9. The van der Waals surface area contributed by atoms with E-state index in [4.69, 9.17) is 0 Å². The summed E-state index contributed by atoms with van der Waals surface area (Å²) >= 11 is 0. The van der Waals surface area contributed by atoms with Crippen molar-refractivity contribution in [3.8, 4) is 0 Å². The summed E-state index contributed by atoms with van der Waals surface area (Å²) in [6.45, 7) is 0.0810. The maximum absolute atomic E-state index is 13.0. The van der Waals surface area contributed by atoms with Gasteiger partial charge in [-0.25, -0.2) is 18.3 Å². The number of nitrogens with one attached hydrogen (secondary N) is 1. The van der Waals surface area contributed by atoms with Gasteiger partial charge in [-0.2, -0.15) is 0 Å². The summed E-state index contributed by atoms with van der Waals surface area (Å²) in [6, 6.07) is 3.41. The highest BCUT2D eigenvalue weighted by molar-refractivity contribution is 5.32. The van der Waals surface area contributed by atoms with Crippen molar-refractivity contribution < 1.29 is 8.78 Å². The Labute approximate surface area is 112 Å². The highest BCUT2D eigenvalue weighted by Crippen LogP contribution is 2.09. The zero-order valence-corrected chi connectivity index (χ0v) is 10.9. The second kappa shape index (κ2) is 5.24. The molecule has 0 bridgehead atoms. The highest BCUT2D eigenvalue weighted by Gasteiger charge is 2.09. The maximum Gasteiger partial charge on any atom is 0.346 e. The maximum atomic E-state index is 13.0. The molecule has 0 aliphatic heterocycles. The van der Waals surface area contributed by atoms with Gasteiger partial charge in [-0.05, 0) is 17.7 Å². The molecule has 0 saturated carbocycles. The monoisotopic (exact) mass is 282 g/mol. The molecule has 0 amide bonds. The van der Waals surface area contributed by atoms with Gasteiger partial charge in [-0.1, -0.05) is 6.07 Å². The molecule has 2 aromatic rings. The molecule has 1 aromatic heterocycles. The Morgan fingerprint density at radius 2 is 1.90 bits per heavy atom. The van der Waals surface area contributed by atoms with Crippen LogP contribution in [0.2, 0.25) is 0 Å². The van der Waals surface area contributed by atoms with Crippen molar-refractivity contribution in [2.75, 3.05) is 5.32 Å². The van der Waals surface area contributed by atoms with Crippen LogP contribution in [-0.2, 0) is 20.6 Å². The van der Waals surface area contributed by atoms with Gasteiger partial charge in [0.1, 0.15) is 0 Å². The lowest BCUT2D eigenvalue weighted by molar-refractivity contribution is 0.507. The topological polar surface area (TPSA) is 68.9 Å². The van der Waals surface area contributed by atoms with E-state index in [9.17, 15) is 18.4 Å². The van der Waals surface area contributed by atoms with Crippen LogP contribution in [0, 0.1) is 11.6 Å². The molecule has 0 radical (unpaired) electrons. The Morgan fingerprint density at radius 1 is 1.20 bits per heavy atom. The predicted molar refractivity (Wildman–Crippen MR) is 68.4 cm³/mol. The summed E-state index contributed by atoms with van der Waals surface area (Å²) in [5.41, 5.74) is -0.689. The molecule has 2 rings (SSSR count). The van der Waals surface area contributed by atoms with Gasteiger partial charge in [-0.3, -0.25) is 9.36 Å². The van der Waals surface area contributed by atoms with E-state index in [2.05, 4.69) is 10.4 Å². The number of hydrogen-bond donors (Lipinski definition) is 1. The fourth-order valence-electron chi connectivity index (χ4n) is 1.64. The smallest absolute Gasteiger partial charge is 0.346 e. The van der Waals surface area contributed by atoms with Gasteiger partial charge >= 0.3 is 5.69 Å². The molecule has 0 aliphatic carbocycles. The van der Waals surface area contributed by atoms with E-state index in [0.717, 1.165) is 21.4 Å². The molecule has 1 N–H and O–H groups in total. The molecular formula is C12H12F2N4O2. The normalized spacial score (nSPS) is 10.6. The quantitative estimate of drug-likeness (QED) is 0.883. The number of benzene rings is 1. The van der Waals surface area contributed by atoms with Crippen LogP contribution in [0.25, 0.3) is 0 Å². The van der Waals surface area contributed by atoms with Crippen LogP contribution in [0.15, 0.2) is 27.8 Å². The molecule has 6 nitrogen and oxygen atoms in total. The third-order valence-electron chi connectivity index (χ3n) is 2.76. The number of aromatic nitrogens is 3. The Bertz CT molecular complexity index is 767. The molecule has 20 heavy (non-hydrogen) atoms. The molecule has 1 aromatic carbocycles. The van der Waals surface area contributed by atoms with Crippen molar-refractivity contribution in [2.45, 2.75) is 6.54 Å². The van der Waals surface area contributed by atoms with Crippen molar-refractivity contribution in [3.63, 3.8) is 0 Å². The van der Waals surface area contributed by atoms with Gasteiger partial charge in [0.25, 0.3) is 5.56 Å². The van der Waals surface area contributed by atoms with Crippen molar-refractivity contribution in [3.05, 3.63) is 56.2 Å². The third-order valence-corrected chi connectivity index (χ3v) is 2.76. The molecular weight excluding hydrogens is 270 g/mol. The first-order valence-corrected chi connectivity index (χ1v) is 5.72. The van der Waals surface area contributed by atoms with Crippen LogP contribution < -0.4 is 16.6 Å². The molecule has 0 atom stereocenters. The lowest BCUT2D eigenvalue weighted by Gasteiger charge is -2.08. The van der Waals surface area contributed by atoms with E-state index in [1.54, 1.807) is 0 Å². The van der Waals surface area contributed by atoms with Crippen LogP contribution in [0.4, 0.5) is 14.6 Å². The number of nitrogens with zero attached hydrogens (tertiary/aromatic N) is 3. The number of hydrogen-bond acceptors (Lipinski definition) is 4. The molecule has 0 unspecified atom stereocenters. The molecule has 0 aliphatic rings. The summed E-state index contributed by atoms with van der Waals surface area (Å²) in [6.07, 6.45) is 0. The van der Waals surface area contributed by atoms with Gasteiger partial charge in [0.15, 0.2) is 11.6 Å². The van der Waals surface area contributed by atoms with Gasteiger partial charge < -0.3 is 5.32 Å². The molecule has 8 heteroatoms. The van der Waals surface area contributed by atoms with E-state index in [1.807, 2.05) is 0 Å². The van der Waals surface area contributed by atoms with Crippen molar-refractivity contribution in [1.82, 2.24) is 14.3 Å². The Balaban J connectivity index is 2.25. The van der Waals surface area contributed by atoms with Gasteiger partial charge in [0.05, 0.1) is 0 Å². The minimum Gasteiger partial charge on any atom is -0.360 e. The summed E-state index contributed by atoms with van der Waals surface area (Å²) in [4.78, 5) is 23.2. The molecule has 0 fully saturated rings. The van der Waals surface area contributed by atoms with E-state index in [-0.39, 0.29) is 12.4 Å².